The van der Waals surface area contributed by atoms with Crippen LogP contribution in [0.3, 0.4) is 0 Å². The summed E-state index contributed by atoms with van der Waals surface area (Å²) in [5.41, 5.74) is 2.40. The molecule has 1 amide bonds. The molecule has 1 aliphatic rings. The zero-order valence-corrected chi connectivity index (χ0v) is 15.6. The van der Waals surface area contributed by atoms with Crippen LogP contribution in [0.15, 0.2) is 29.4 Å². The first-order valence-corrected chi connectivity index (χ1v) is 8.66. The van der Waals surface area contributed by atoms with Gasteiger partial charge >= 0.3 is 0 Å². The third kappa shape index (κ3) is 3.84. The maximum absolute atomic E-state index is 12.5. The lowest BCUT2D eigenvalue weighted by molar-refractivity contribution is 0.0753. The predicted molar refractivity (Wildman–Crippen MR) is 100 cm³/mol. The molecule has 0 fully saturated rings. The number of hydrogen-bond acceptors (Lipinski definition) is 6. The van der Waals surface area contributed by atoms with Gasteiger partial charge in [0.1, 0.15) is 6.10 Å². The highest BCUT2D eigenvalue weighted by atomic mass is 16.6. The highest BCUT2D eigenvalue weighted by Gasteiger charge is 2.21. The zero-order valence-electron chi connectivity index (χ0n) is 15.6. The van der Waals surface area contributed by atoms with Crippen molar-refractivity contribution >= 4 is 17.6 Å². The number of hydrogen-bond donors (Lipinski definition) is 1. The van der Waals surface area contributed by atoms with Gasteiger partial charge in [-0.3, -0.25) is 4.79 Å². The summed E-state index contributed by atoms with van der Waals surface area (Å²) in [6.07, 6.45) is 1.55. The highest BCUT2D eigenvalue weighted by Crippen LogP contribution is 2.20. The van der Waals surface area contributed by atoms with E-state index in [-0.39, 0.29) is 12.0 Å². The molecule has 0 saturated heterocycles. The van der Waals surface area contributed by atoms with Crippen molar-refractivity contribution in [3.8, 4) is 11.4 Å². The third-order valence-electron chi connectivity index (χ3n) is 4.22. The summed E-state index contributed by atoms with van der Waals surface area (Å²) < 4.78 is 1.71. The van der Waals surface area contributed by atoms with Crippen LogP contribution in [0.4, 0.5) is 5.95 Å². The van der Waals surface area contributed by atoms with Crippen LogP contribution in [-0.2, 0) is 11.9 Å². The minimum atomic E-state index is -0.149. The van der Waals surface area contributed by atoms with Crippen molar-refractivity contribution in [1.82, 2.24) is 20.1 Å². The van der Waals surface area contributed by atoms with Crippen molar-refractivity contribution in [2.45, 2.75) is 25.9 Å². The molecule has 1 aromatic heterocycles. The third-order valence-corrected chi connectivity index (χ3v) is 4.22. The van der Waals surface area contributed by atoms with Gasteiger partial charge in [-0.2, -0.15) is 4.98 Å². The Bertz CT molecular complexity index is 827. The molecule has 3 rings (SSSR count). The van der Waals surface area contributed by atoms with Gasteiger partial charge in [0.05, 0.1) is 12.3 Å². The molecule has 2 heterocycles. The van der Waals surface area contributed by atoms with Crippen molar-refractivity contribution in [3.63, 3.8) is 0 Å². The second-order valence-electron chi connectivity index (χ2n) is 6.49. The fourth-order valence-electron chi connectivity index (χ4n) is 2.80. The Hall–Kier alpha value is -2.90. The number of aryl methyl sites for hydroxylation is 1. The van der Waals surface area contributed by atoms with Gasteiger partial charge in [0.15, 0.2) is 5.82 Å². The van der Waals surface area contributed by atoms with Crippen LogP contribution in [0.1, 0.15) is 30.1 Å². The van der Waals surface area contributed by atoms with Crippen LogP contribution < -0.4 is 10.2 Å². The fraction of sp³-hybridized carbons (Fsp3) is 0.444. The monoisotopic (exact) mass is 356 g/mol. The number of carbonyl (C=O) groups excluding carboxylic acids is 1. The van der Waals surface area contributed by atoms with Gasteiger partial charge in [-0.1, -0.05) is 24.2 Å². The maximum Gasteiger partial charge on any atom is 0.251 e. The van der Waals surface area contributed by atoms with E-state index in [0.717, 1.165) is 30.1 Å². The number of nitrogens with zero attached hydrogens (tertiary/aromatic N) is 5. The Morgan fingerprint density at radius 2 is 2.23 bits per heavy atom. The summed E-state index contributed by atoms with van der Waals surface area (Å²) >= 11 is 0. The molecule has 0 bridgehead atoms. The molecule has 1 N–H and O–H groups in total. The van der Waals surface area contributed by atoms with Crippen molar-refractivity contribution in [2.24, 2.45) is 12.2 Å². The lowest BCUT2D eigenvalue weighted by Gasteiger charge is -2.10. The summed E-state index contributed by atoms with van der Waals surface area (Å²) in [4.78, 5) is 24.2. The minimum Gasteiger partial charge on any atom is -0.390 e. The second kappa shape index (κ2) is 7.55. The van der Waals surface area contributed by atoms with E-state index < -0.39 is 0 Å². The number of nitrogens with one attached hydrogen (secondary N) is 1. The molecule has 0 radical (unpaired) electrons. The van der Waals surface area contributed by atoms with Gasteiger partial charge in [0.2, 0.25) is 5.95 Å². The van der Waals surface area contributed by atoms with E-state index in [1.54, 1.807) is 16.8 Å². The topological polar surface area (TPSA) is 84.6 Å². The molecule has 1 atom stereocenters. The standard InChI is InChI=1S/C18H24N6O2/c1-5-14-10-15(26-22-14)11-19-17(25)13-8-6-7-12(9-13)16-20-18(23(2)3)24(4)21-16/h6-9,15H,5,10-11H2,1-4H3,(H,19,25)/t15-/m0/s1. The molecule has 1 aliphatic heterocycles. The molecule has 26 heavy (non-hydrogen) atoms. The molecular formula is C18H24N6O2. The summed E-state index contributed by atoms with van der Waals surface area (Å²) in [6.45, 7) is 2.48. The number of oxime groups is 1. The Balaban J connectivity index is 1.67. The molecule has 138 valence electrons. The van der Waals surface area contributed by atoms with Crippen molar-refractivity contribution in [3.05, 3.63) is 29.8 Å². The van der Waals surface area contributed by atoms with Crippen LogP contribution in [-0.4, -0.2) is 53.1 Å². The first-order valence-electron chi connectivity index (χ1n) is 8.66. The summed E-state index contributed by atoms with van der Waals surface area (Å²) in [6, 6.07) is 7.30. The Morgan fingerprint density at radius 3 is 2.88 bits per heavy atom. The molecule has 2 aromatic rings. The maximum atomic E-state index is 12.5. The van der Waals surface area contributed by atoms with Crippen molar-refractivity contribution < 1.29 is 9.63 Å². The lowest BCUT2D eigenvalue weighted by Crippen LogP contribution is -2.32. The van der Waals surface area contributed by atoms with E-state index in [0.29, 0.717) is 17.9 Å². The smallest absolute Gasteiger partial charge is 0.251 e. The van der Waals surface area contributed by atoms with Crippen LogP contribution in [0.5, 0.6) is 0 Å². The van der Waals surface area contributed by atoms with Gasteiger partial charge in [-0.15, -0.1) is 5.10 Å². The number of aromatic nitrogens is 3. The number of rotatable bonds is 6. The summed E-state index contributed by atoms with van der Waals surface area (Å²) in [5.74, 6) is 1.19. The van der Waals surface area contributed by atoms with Crippen molar-refractivity contribution in [2.75, 3.05) is 25.5 Å². The normalized spacial score (nSPS) is 16.2. The van der Waals surface area contributed by atoms with Crippen LogP contribution >= 0.6 is 0 Å². The van der Waals surface area contributed by atoms with Crippen LogP contribution in [0.25, 0.3) is 11.4 Å². The highest BCUT2D eigenvalue weighted by molar-refractivity contribution is 5.95. The van der Waals surface area contributed by atoms with E-state index >= 15 is 0 Å². The molecule has 0 saturated carbocycles. The van der Waals surface area contributed by atoms with E-state index in [2.05, 4.69) is 20.6 Å². The molecule has 8 nitrogen and oxygen atoms in total. The molecule has 1 aromatic carbocycles. The van der Waals surface area contributed by atoms with E-state index in [4.69, 9.17) is 4.84 Å². The number of amides is 1. The van der Waals surface area contributed by atoms with Crippen molar-refractivity contribution in [1.29, 1.82) is 0 Å². The van der Waals surface area contributed by atoms with Crippen LogP contribution in [0, 0.1) is 0 Å². The minimum absolute atomic E-state index is 0.0859. The molecular weight excluding hydrogens is 332 g/mol. The average Bonchev–Trinajstić information content (AvgIpc) is 3.26. The SMILES string of the molecule is CCC1=NO[C@H](CNC(=O)c2cccc(-c3nc(N(C)C)n(C)n3)c2)C1. The number of carbonyl (C=O) groups is 1. The van der Waals surface area contributed by atoms with Gasteiger partial charge in [0, 0.05) is 38.7 Å². The number of anilines is 1. The predicted octanol–water partition coefficient (Wildman–Crippen LogP) is 1.83. The lowest BCUT2D eigenvalue weighted by atomic mass is 10.1. The number of benzene rings is 1. The Labute approximate surface area is 152 Å². The van der Waals surface area contributed by atoms with E-state index in [9.17, 15) is 4.79 Å². The summed E-state index contributed by atoms with van der Waals surface area (Å²) in [5, 5.41) is 11.3. The molecule has 0 spiro atoms. The Morgan fingerprint density at radius 1 is 1.42 bits per heavy atom. The second-order valence-corrected chi connectivity index (χ2v) is 6.49. The quantitative estimate of drug-likeness (QED) is 0.854. The van der Waals surface area contributed by atoms with Gasteiger partial charge < -0.3 is 15.1 Å². The molecule has 0 aliphatic carbocycles. The van der Waals surface area contributed by atoms with E-state index in [1.165, 1.54) is 0 Å². The first-order chi connectivity index (χ1) is 12.5. The average molecular weight is 356 g/mol. The van der Waals surface area contributed by atoms with E-state index in [1.807, 2.05) is 45.1 Å². The molecule has 8 heteroatoms. The Kier molecular flexibility index (Phi) is 5.20. The largest absolute Gasteiger partial charge is 0.390 e. The van der Waals surface area contributed by atoms with Crippen LogP contribution in [0.2, 0.25) is 0 Å². The van der Waals surface area contributed by atoms with Gasteiger partial charge in [0.25, 0.3) is 5.91 Å². The summed E-state index contributed by atoms with van der Waals surface area (Å²) in [7, 11) is 5.67. The fourth-order valence-corrected chi connectivity index (χ4v) is 2.80. The van der Waals surface area contributed by atoms with Gasteiger partial charge in [-0.05, 0) is 18.6 Å². The van der Waals surface area contributed by atoms with Gasteiger partial charge in [-0.25, -0.2) is 4.68 Å². The first kappa shape index (κ1) is 17.9. The molecule has 0 unspecified atom stereocenters. The zero-order chi connectivity index (χ0) is 18.7.